The Hall–Kier alpha value is -3.37. The molecule has 0 aliphatic rings. The molecule has 3 aromatic carbocycles. The molecule has 0 saturated heterocycles. The predicted molar refractivity (Wildman–Crippen MR) is 120 cm³/mol. The van der Waals surface area contributed by atoms with Crippen LogP contribution in [0.15, 0.2) is 48.5 Å². The van der Waals surface area contributed by atoms with E-state index in [0.717, 1.165) is 40.6 Å². The van der Waals surface area contributed by atoms with Crippen LogP contribution in [0.5, 0.6) is 5.75 Å². The molecule has 0 unspecified atom stereocenters. The first kappa shape index (κ1) is 22.3. The molecule has 0 amide bonds. The van der Waals surface area contributed by atoms with Crippen LogP contribution in [0.2, 0.25) is 0 Å². The minimum atomic E-state index is -0.905. The summed E-state index contributed by atoms with van der Waals surface area (Å²) in [6.07, 6.45) is 6.14. The molecular formula is C27H25F2NO. The highest BCUT2D eigenvalue weighted by Gasteiger charge is 2.09. The van der Waals surface area contributed by atoms with Gasteiger partial charge in [0, 0.05) is 11.1 Å². The Morgan fingerprint density at radius 1 is 0.871 bits per heavy atom. The number of fused-ring (bicyclic) bond motifs is 1. The van der Waals surface area contributed by atoms with Gasteiger partial charge >= 0.3 is 0 Å². The molecule has 0 heterocycles. The summed E-state index contributed by atoms with van der Waals surface area (Å²) in [7, 11) is 0. The molecule has 158 valence electrons. The summed E-state index contributed by atoms with van der Waals surface area (Å²) < 4.78 is 33.5. The maximum Gasteiger partial charge on any atom is 0.145 e. The van der Waals surface area contributed by atoms with E-state index in [2.05, 4.69) is 25.7 Å². The number of rotatable bonds is 7. The van der Waals surface area contributed by atoms with Crippen LogP contribution in [-0.2, 0) is 0 Å². The van der Waals surface area contributed by atoms with E-state index in [1.54, 1.807) is 0 Å². The number of ether oxygens (including phenoxy) is 1. The lowest BCUT2D eigenvalue weighted by atomic mass is 10.1. The van der Waals surface area contributed by atoms with Gasteiger partial charge in [-0.25, -0.2) is 8.78 Å². The van der Waals surface area contributed by atoms with E-state index in [-0.39, 0.29) is 11.7 Å². The van der Waals surface area contributed by atoms with Crippen LogP contribution in [0.25, 0.3) is 10.8 Å². The second-order valence-corrected chi connectivity index (χ2v) is 7.68. The minimum absolute atomic E-state index is 0.174. The van der Waals surface area contributed by atoms with E-state index in [0.29, 0.717) is 0 Å². The van der Waals surface area contributed by atoms with Crippen molar-refractivity contribution >= 4 is 10.8 Å². The molecule has 0 bridgehead atoms. The Morgan fingerprint density at radius 2 is 1.55 bits per heavy atom. The summed E-state index contributed by atoms with van der Waals surface area (Å²) in [5.74, 6) is 4.72. The van der Waals surface area contributed by atoms with Gasteiger partial charge in [-0.15, -0.1) is 0 Å². The van der Waals surface area contributed by atoms with Gasteiger partial charge in [0.25, 0.3) is 0 Å². The highest BCUT2D eigenvalue weighted by atomic mass is 19.1. The van der Waals surface area contributed by atoms with Gasteiger partial charge in [-0.3, -0.25) is 0 Å². The van der Waals surface area contributed by atoms with E-state index < -0.39 is 17.2 Å². The van der Waals surface area contributed by atoms with Crippen LogP contribution >= 0.6 is 0 Å². The molecule has 3 rings (SSSR count). The fraction of sp³-hybridized carbons (Fsp3) is 0.296. The van der Waals surface area contributed by atoms with Crippen molar-refractivity contribution in [1.29, 1.82) is 5.26 Å². The maximum absolute atomic E-state index is 13.7. The normalized spacial score (nSPS) is 11.5. The first-order valence-electron chi connectivity index (χ1n) is 10.6. The van der Waals surface area contributed by atoms with Crippen LogP contribution in [0.4, 0.5) is 8.78 Å². The first-order valence-corrected chi connectivity index (χ1v) is 10.6. The minimum Gasteiger partial charge on any atom is -0.491 e. The van der Waals surface area contributed by atoms with Crippen molar-refractivity contribution in [2.75, 3.05) is 0 Å². The van der Waals surface area contributed by atoms with E-state index in [1.165, 1.54) is 31.8 Å². The van der Waals surface area contributed by atoms with Gasteiger partial charge in [0.15, 0.2) is 0 Å². The zero-order valence-corrected chi connectivity index (χ0v) is 17.8. The van der Waals surface area contributed by atoms with Crippen molar-refractivity contribution in [3.05, 3.63) is 76.9 Å². The van der Waals surface area contributed by atoms with Crippen LogP contribution in [0, 0.1) is 34.8 Å². The summed E-state index contributed by atoms with van der Waals surface area (Å²) in [5, 5.41) is 10.8. The Morgan fingerprint density at radius 3 is 2.26 bits per heavy atom. The number of hydrogen-bond acceptors (Lipinski definition) is 2. The first-order chi connectivity index (χ1) is 15.0. The van der Waals surface area contributed by atoms with Crippen LogP contribution < -0.4 is 4.74 Å². The Kier molecular flexibility index (Phi) is 7.63. The second-order valence-electron chi connectivity index (χ2n) is 7.68. The van der Waals surface area contributed by atoms with Crippen LogP contribution in [0.3, 0.4) is 0 Å². The van der Waals surface area contributed by atoms with Crippen molar-refractivity contribution in [2.24, 2.45) is 0 Å². The number of halogens is 2. The SMILES string of the molecule is CCCCCC[C@H](C)Oc1ccc2cc(C#Cc3cc(F)c(C#N)c(F)c3)ccc2c1. The van der Waals surface area contributed by atoms with Crippen LogP contribution in [0.1, 0.15) is 62.6 Å². The standard InChI is InChI=1S/C27H25F2NO/c1-3-4-5-6-7-19(2)31-24-13-12-22-14-20(10-11-23(22)17-24)8-9-21-15-26(28)25(18-30)27(29)16-21/h10-17,19H,3-7H2,1-2H3/t19-/m0/s1. The number of nitrogens with zero attached hydrogens (tertiary/aromatic N) is 1. The van der Waals surface area contributed by atoms with Gasteiger partial charge in [0.05, 0.1) is 6.10 Å². The Bertz CT molecular complexity index is 1140. The summed E-state index contributed by atoms with van der Waals surface area (Å²) in [5.41, 5.74) is 0.325. The van der Waals surface area contributed by atoms with Gasteiger partial charge in [-0.05, 0) is 66.9 Å². The third-order valence-electron chi connectivity index (χ3n) is 5.12. The summed E-state index contributed by atoms with van der Waals surface area (Å²) in [6.45, 7) is 4.31. The van der Waals surface area contributed by atoms with Gasteiger partial charge in [0.1, 0.15) is 29.0 Å². The quantitative estimate of drug-likeness (QED) is 0.303. The zero-order valence-electron chi connectivity index (χ0n) is 17.8. The van der Waals surface area contributed by atoms with Gasteiger partial charge < -0.3 is 4.74 Å². The molecule has 31 heavy (non-hydrogen) atoms. The monoisotopic (exact) mass is 417 g/mol. The molecule has 4 heteroatoms. The fourth-order valence-corrected chi connectivity index (χ4v) is 3.42. The van der Waals surface area contributed by atoms with Gasteiger partial charge in [-0.2, -0.15) is 5.26 Å². The lowest BCUT2D eigenvalue weighted by Crippen LogP contribution is -2.11. The van der Waals surface area contributed by atoms with Crippen molar-refractivity contribution in [1.82, 2.24) is 0 Å². The maximum atomic E-state index is 13.7. The van der Waals surface area contributed by atoms with E-state index in [4.69, 9.17) is 10.00 Å². The van der Waals surface area contributed by atoms with Gasteiger partial charge in [-0.1, -0.05) is 50.2 Å². The third-order valence-corrected chi connectivity index (χ3v) is 5.12. The molecule has 0 aromatic heterocycles. The van der Waals surface area contributed by atoms with Crippen molar-refractivity contribution < 1.29 is 13.5 Å². The van der Waals surface area contributed by atoms with Crippen molar-refractivity contribution in [3.63, 3.8) is 0 Å². The molecule has 0 spiro atoms. The van der Waals surface area contributed by atoms with E-state index in [9.17, 15) is 8.78 Å². The van der Waals surface area contributed by atoms with E-state index in [1.807, 2.05) is 36.4 Å². The largest absolute Gasteiger partial charge is 0.491 e. The number of nitriles is 1. The van der Waals surface area contributed by atoms with E-state index >= 15 is 0 Å². The smallest absolute Gasteiger partial charge is 0.145 e. The average molecular weight is 417 g/mol. The number of hydrogen-bond donors (Lipinski definition) is 0. The molecule has 0 aliphatic carbocycles. The Labute approximate surface area is 182 Å². The third kappa shape index (κ3) is 6.06. The summed E-state index contributed by atoms with van der Waals surface area (Å²) >= 11 is 0. The molecule has 0 aliphatic heterocycles. The average Bonchev–Trinajstić information content (AvgIpc) is 2.75. The molecular weight excluding hydrogens is 392 g/mol. The fourth-order valence-electron chi connectivity index (χ4n) is 3.42. The van der Waals surface area contributed by atoms with Crippen molar-refractivity contribution in [3.8, 4) is 23.7 Å². The lowest BCUT2D eigenvalue weighted by molar-refractivity contribution is 0.206. The molecule has 0 fully saturated rings. The highest BCUT2D eigenvalue weighted by Crippen LogP contribution is 2.24. The molecule has 0 saturated carbocycles. The summed E-state index contributed by atoms with van der Waals surface area (Å²) in [6, 6.07) is 15.4. The molecule has 2 nitrogen and oxygen atoms in total. The zero-order chi connectivity index (χ0) is 22.2. The molecule has 3 aromatic rings. The Balaban J connectivity index is 1.71. The molecule has 0 radical (unpaired) electrons. The summed E-state index contributed by atoms with van der Waals surface area (Å²) in [4.78, 5) is 0. The van der Waals surface area contributed by atoms with Crippen LogP contribution in [-0.4, -0.2) is 6.10 Å². The number of benzene rings is 3. The van der Waals surface area contributed by atoms with Crippen molar-refractivity contribution in [2.45, 2.75) is 52.1 Å². The predicted octanol–water partition coefficient (Wildman–Crippen LogP) is 7.13. The molecule has 1 atom stereocenters. The second kappa shape index (κ2) is 10.6. The highest BCUT2D eigenvalue weighted by molar-refractivity contribution is 5.85. The lowest BCUT2D eigenvalue weighted by Gasteiger charge is -2.15. The molecule has 0 N–H and O–H groups in total. The van der Waals surface area contributed by atoms with Gasteiger partial charge in [0.2, 0.25) is 0 Å². The number of unbranched alkanes of at least 4 members (excludes halogenated alkanes) is 3. The topological polar surface area (TPSA) is 33.0 Å².